The normalized spacial score (nSPS) is 22.4. The fraction of sp³-hybridized carbons (Fsp3) is 0.500. The molecule has 2 rings (SSSR count). The zero-order valence-electron chi connectivity index (χ0n) is 12.4. The van der Waals surface area contributed by atoms with Gasteiger partial charge in [0.2, 0.25) is 0 Å². The van der Waals surface area contributed by atoms with Gasteiger partial charge in [0.1, 0.15) is 12.2 Å². The molecule has 0 radical (unpaired) electrons. The number of benzene rings is 1. The molecule has 0 aliphatic heterocycles. The number of hydrogen-bond donors (Lipinski definition) is 4. The smallest absolute Gasteiger partial charge is 0.127 e. The van der Waals surface area contributed by atoms with E-state index in [1.807, 2.05) is 30.3 Å². The third-order valence-electron chi connectivity index (χ3n) is 3.86. The van der Waals surface area contributed by atoms with Crippen LogP contribution in [0.2, 0.25) is 0 Å². The highest BCUT2D eigenvalue weighted by Gasteiger charge is 2.40. The Kier molecular flexibility index (Phi) is 4.35. The van der Waals surface area contributed by atoms with Gasteiger partial charge in [-0.15, -0.1) is 0 Å². The van der Waals surface area contributed by atoms with Crippen LogP contribution in [0.15, 0.2) is 41.7 Å². The van der Waals surface area contributed by atoms with Crippen LogP contribution in [0.1, 0.15) is 32.8 Å². The first-order valence-corrected chi connectivity index (χ1v) is 7.11. The Morgan fingerprint density at radius 2 is 1.65 bits per heavy atom. The summed E-state index contributed by atoms with van der Waals surface area (Å²) in [5.74, 6) is 0. The van der Waals surface area contributed by atoms with Gasteiger partial charge in [0.05, 0.1) is 11.4 Å². The molecular weight excluding hydrogens is 252 g/mol. The molecule has 2 unspecified atom stereocenters. The minimum atomic E-state index is -0.825. The predicted molar refractivity (Wildman–Crippen MR) is 79.8 cm³/mol. The summed E-state index contributed by atoms with van der Waals surface area (Å²) in [6, 6.07) is 9.99. The molecule has 4 N–H and O–H groups in total. The van der Waals surface area contributed by atoms with Gasteiger partial charge >= 0.3 is 0 Å². The summed E-state index contributed by atoms with van der Waals surface area (Å²) in [5, 5.41) is 26.3. The lowest BCUT2D eigenvalue weighted by atomic mass is 9.89. The van der Waals surface area contributed by atoms with Crippen LogP contribution in [0.3, 0.4) is 0 Å². The Morgan fingerprint density at radius 1 is 1.05 bits per heavy atom. The lowest BCUT2D eigenvalue weighted by Gasteiger charge is -2.40. The van der Waals surface area contributed by atoms with E-state index in [1.165, 1.54) is 0 Å². The summed E-state index contributed by atoms with van der Waals surface area (Å²) in [7, 11) is 0. The largest absolute Gasteiger partial charge is 0.384 e. The van der Waals surface area contributed by atoms with Crippen molar-refractivity contribution in [3.8, 4) is 0 Å². The highest BCUT2D eigenvalue weighted by molar-refractivity contribution is 5.34. The van der Waals surface area contributed by atoms with Gasteiger partial charge in [-0.25, -0.2) is 0 Å². The van der Waals surface area contributed by atoms with E-state index in [9.17, 15) is 10.2 Å². The van der Waals surface area contributed by atoms with Gasteiger partial charge in [-0.05, 0) is 25.8 Å². The molecule has 0 fully saturated rings. The van der Waals surface area contributed by atoms with Gasteiger partial charge in [-0.2, -0.15) is 0 Å². The molecule has 0 bridgehead atoms. The van der Waals surface area contributed by atoms with Crippen molar-refractivity contribution in [1.29, 1.82) is 0 Å². The molecule has 1 aliphatic rings. The first-order valence-electron chi connectivity index (χ1n) is 7.11. The molecule has 0 saturated carbocycles. The fourth-order valence-electron chi connectivity index (χ4n) is 2.13. The van der Waals surface area contributed by atoms with Crippen LogP contribution in [0, 0.1) is 0 Å². The van der Waals surface area contributed by atoms with E-state index in [0.29, 0.717) is 17.9 Å². The summed E-state index contributed by atoms with van der Waals surface area (Å²) in [6.07, 6.45) is -0.710. The molecule has 2 atom stereocenters. The Hall–Kier alpha value is -1.52. The molecule has 110 valence electrons. The second-order valence-corrected chi connectivity index (χ2v) is 5.92. The van der Waals surface area contributed by atoms with Crippen LogP contribution in [0.5, 0.6) is 0 Å². The van der Waals surface area contributed by atoms with E-state index in [-0.39, 0.29) is 5.54 Å². The lowest BCUT2D eigenvalue weighted by Crippen LogP contribution is -2.55. The standard InChI is InChI=1S/C16H24N2O2/c1-4-16(2,3)18-13-12(14(19)15(13)20)17-10-11-8-6-5-7-9-11/h5-9,14-15,17-20H,4,10H2,1-3H3. The van der Waals surface area contributed by atoms with Crippen LogP contribution in [-0.4, -0.2) is 28.0 Å². The molecule has 1 aliphatic carbocycles. The minimum absolute atomic E-state index is 0.101. The second kappa shape index (κ2) is 5.85. The lowest BCUT2D eigenvalue weighted by molar-refractivity contribution is 0.0209. The zero-order chi connectivity index (χ0) is 14.8. The zero-order valence-corrected chi connectivity index (χ0v) is 12.4. The van der Waals surface area contributed by atoms with E-state index >= 15 is 0 Å². The molecule has 1 aromatic rings. The monoisotopic (exact) mass is 276 g/mol. The average Bonchev–Trinajstić information content (AvgIpc) is 2.47. The van der Waals surface area contributed by atoms with Gasteiger partial charge < -0.3 is 20.8 Å². The summed E-state index contributed by atoms with van der Waals surface area (Å²) >= 11 is 0. The molecule has 20 heavy (non-hydrogen) atoms. The summed E-state index contributed by atoms with van der Waals surface area (Å²) < 4.78 is 0. The maximum Gasteiger partial charge on any atom is 0.127 e. The van der Waals surface area contributed by atoms with Crippen LogP contribution in [0.25, 0.3) is 0 Å². The number of nitrogens with one attached hydrogen (secondary N) is 2. The van der Waals surface area contributed by atoms with Crippen molar-refractivity contribution in [2.45, 2.75) is 51.5 Å². The van der Waals surface area contributed by atoms with Gasteiger partial charge in [-0.3, -0.25) is 0 Å². The van der Waals surface area contributed by atoms with Gasteiger partial charge in [0, 0.05) is 12.1 Å². The van der Waals surface area contributed by atoms with Crippen molar-refractivity contribution in [3.63, 3.8) is 0 Å². The number of rotatable bonds is 6. The quantitative estimate of drug-likeness (QED) is 0.636. The predicted octanol–water partition coefficient (Wildman–Crippen LogP) is 1.50. The van der Waals surface area contributed by atoms with Crippen LogP contribution in [-0.2, 0) is 6.54 Å². The molecule has 0 amide bonds. The van der Waals surface area contributed by atoms with E-state index in [2.05, 4.69) is 31.4 Å². The van der Waals surface area contributed by atoms with Gasteiger partial charge in [0.25, 0.3) is 0 Å². The third kappa shape index (κ3) is 3.14. The summed E-state index contributed by atoms with van der Waals surface area (Å²) in [5.41, 5.74) is 2.45. The maximum atomic E-state index is 9.89. The number of aliphatic hydroxyl groups excluding tert-OH is 2. The van der Waals surface area contributed by atoms with E-state index < -0.39 is 12.2 Å². The molecule has 0 aromatic heterocycles. The Morgan fingerprint density at radius 3 is 2.25 bits per heavy atom. The minimum Gasteiger partial charge on any atom is -0.384 e. The Balaban J connectivity index is 2.05. The van der Waals surface area contributed by atoms with E-state index in [0.717, 1.165) is 12.0 Å². The van der Waals surface area contributed by atoms with Crippen molar-refractivity contribution >= 4 is 0 Å². The fourth-order valence-corrected chi connectivity index (χ4v) is 2.13. The average molecular weight is 276 g/mol. The second-order valence-electron chi connectivity index (χ2n) is 5.92. The third-order valence-corrected chi connectivity index (χ3v) is 3.86. The van der Waals surface area contributed by atoms with Crippen LogP contribution >= 0.6 is 0 Å². The van der Waals surface area contributed by atoms with Crippen molar-refractivity contribution < 1.29 is 10.2 Å². The highest BCUT2D eigenvalue weighted by Crippen LogP contribution is 2.28. The highest BCUT2D eigenvalue weighted by atomic mass is 16.3. The molecule has 4 heteroatoms. The molecular formula is C16H24N2O2. The number of hydrogen-bond acceptors (Lipinski definition) is 4. The van der Waals surface area contributed by atoms with Gasteiger partial charge in [-0.1, -0.05) is 37.3 Å². The first-order chi connectivity index (χ1) is 9.44. The van der Waals surface area contributed by atoms with E-state index in [4.69, 9.17) is 0 Å². The van der Waals surface area contributed by atoms with Crippen LogP contribution in [0.4, 0.5) is 0 Å². The van der Waals surface area contributed by atoms with Crippen molar-refractivity contribution in [3.05, 3.63) is 47.3 Å². The topological polar surface area (TPSA) is 64.5 Å². The molecule has 1 aromatic carbocycles. The van der Waals surface area contributed by atoms with Crippen molar-refractivity contribution in [1.82, 2.24) is 10.6 Å². The molecule has 0 heterocycles. The first kappa shape index (κ1) is 14.9. The SMILES string of the molecule is CCC(C)(C)NC1=C(NCc2ccccc2)C(O)C1O. The summed E-state index contributed by atoms with van der Waals surface area (Å²) in [4.78, 5) is 0. The van der Waals surface area contributed by atoms with E-state index in [1.54, 1.807) is 0 Å². The maximum absolute atomic E-state index is 9.89. The van der Waals surface area contributed by atoms with Crippen molar-refractivity contribution in [2.24, 2.45) is 0 Å². The van der Waals surface area contributed by atoms with Crippen LogP contribution < -0.4 is 10.6 Å². The Bertz CT molecular complexity index is 483. The van der Waals surface area contributed by atoms with Gasteiger partial charge in [0.15, 0.2) is 0 Å². The molecule has 0 saturated heterocycles. The Labute approximate surface area is 120 Å². The number of aliphatic hydroxyl groups is 2. The molecule has 0 spiro atoms. The molecule has 4 nitrogen and oxygen atoms in total. The summed E-state index contributed by atoms with van der Waals surface area (Å²) in [6.45, 7) is 6.88. The van der Waals surface area contributed by atoms with Crippen molar-refractivity contribution in [2.75, 3.05) is 0 Å².